The number of nitrogens with one attached hydrogen (secondary N) is 2. The van der Waals surface area contributed by atoms with Gasteiger partial charge in [-0.2, -0.15) is 0 Å². The van der Waals surface area contributed by atoms with Gasteiger partial charge in [-0.05, 0) is 55.8 Å². The number of hydrogen-bond donors (Lipinski definition) is 2. The van der Waals surface area contributed by atoms with Gasteiger partial charge < -0.3 is 15.4 Å². The molecule has 2 heterocycles. The van der Waals surface area contributed by atoms with Crippen LogP contribution in [0.1, 0.15) is 45.9 Å². The lowest BCUT2D eigenvalue weighted by molar-refractivity contribution is -0.119. The fourth-order valence-corrected chi connectivity index (χ4v) is 4.28. The van der Waals surface area contributed by atoms with Gasteiger partial charge in [0.2, 0.25) is 5.91 Å². The highest BCUT2D eigenvalue weighted by Crippen LogP contribution is 2.26. The summed E-state index contributed by atoms with van der Waals surface area (Å²) < 4.78 is 5.26. The largest absolute Gasteiger partial charge is 0.497 e. The Bertz CT molecular complexity index is 797. The smallest absolute Gasteiger partial charge is 0.261 e. The van der Waals surface area contributed by atoms with Gasteiger partial charge in [0.05, 0.1) is 24.6 Å². The molecule has 1 saturated heterocycles. The van der Waals surface area contributed by atoms with Gasteiger partial charge in [0.25, 0.3) is 5.91 Å². The lowest BCUT2D eigenvalue weighted by Gasteiger charge is -2.28. The van der Waals surface area contributed by atoms with Gasteiger partial charge in [-0.15, -0.1) is 11.3 Å². The molecule has 1 unspecified atom stereocenters. The van der Waals surface area contributed by atoms with Crippen LogP contribution in [0.2, 0.25) is 0 Å². The van der Waals surface area contributed by atoms with Crippen LogP contribution in [0.3, 0.4) is 0 Å². The molecule has 2 N–H and O–H groups in total. The highest BCUT2D eigenvalue weighted by atomic mass is 32.1. The van der Waals surface area contributed by atoms with Crippen LogP contribution in [0.4, 0.5) is 0 Å². The number of hydrogen-bond acceptors (Lipinski definition) is 5. The molecule has 28 heavy (non-hydrogen) atoms. The van der Waals surface area contributed by atoms with Crippen LogP contribution in [0.5, 0.6) is 5.75 Å². The van der Waals surface area contributed by atoms with Crippen LogP contribution < -0.4 is 15.4 Å². The first-order valence-electron chi connectivity index (χ1n) is 9.56. The van der Waals surface area contributed by atoms with Crippen molar-refractivity contribution in [1.82, 2.24) is 15.5 Å². The number of rotatable bonds is 8. The summed E-state index contributed by atoms with van der Waals surface area (Å²) in [6, 6.07) is 11.9. The Kier molecular flexibility index (Phi) is 7.06. The highest BCUT2D eigenvalue weighted by Gasteiger charge is 2.24. The molecule has 1 aromatic carbocycles. The van der Waals surface area contributed by atoms with Crippen molar-refractivity contribution >= 4 is 23.2 Å². The van der Waals surface area contributed by atoms with E-state index >= 15 is 0 Å². The standard InChI is InChI=1S/C21H27N3O3S/c1-15(25)22-13-18-9-10-20(28-18)21(26)23-14-19(24-11-3-4-12-24)16-5-7-17(27-2)8-6-16/h5-10,19H,3-4,11-14H2,1-2H3,(H,22,25)(H,23,26). The molecular weight excluding hydrogens is 374 g/mol. The van der Waals surface area contributed by atoms with Gasteiger partial charge in [0.15, 0.2) is 0 Å². The summed E-state index contributed by atoms with van der Waals surface area (Å²) in [4.78, 5) is 27.7. The second kappa shape index (κ2) is 9.71. The van der Waals surface area contributed by atoms with E-state index in [9.17, 15) is 9.59 Å². The number of thiophene rings is 1. The zero-order valence-electron chi connectivity index (χ0n) is 16.4. The Morgan fingerprint density at radius 3 is 2.46 bits per heavy atom. The van der Waals surface area contributed by atoms with Gasteiger partial charge in [0, 0.05) is 18.3 Å². The highest BCUT2D eigenvalue weighted by molar-refractivity contribution is 7.14. The molecule has 2 aromatic rings. The van der Waals surface area contributed by atoms with E-state index in [-0.39, 0.29) is 17.9 Å². The average molecular weight is 402 g/mol. The maximum atomic E-state index is 12.6. The van der Waals surface area contributed by atoms with Crippen LogP contribution in [0.25, 0.3) is 0 Å². The quantitative estimate of drug-likeness (QED) is 0.713. The van der Waals surface area contributed by atoms with E-state index in [1.54, 1.807) is 7.11 Å². The number of carbonyl (C=O) groups excluding carboxylic acids is 2. The van der Waals surface area contributed by atoms with Crippen molar-refractivity contribution in [3.05, 3.63) is 51.7 Å². The van der Waals surface area contributed by atoms with E-state index in [0.29, 0.717) is 18.0 Å². The van der Waals surface area contributed by atoms with Gasteiger partial charge in [-0.25, -0.2) is 0 Å². The maximum Gasteiger partial charge on any atom is 0.261 e. The summed E-state index contributed by atoms with van der Waals surface area (Å²) in [6.45, 7) is 4.59. The Balaban J connectivity index is 1.64. The Hall–Kier alpha value is -2.38. The lowest BCUT2D eigenvalue weighted by Crippen LogP contribution is -2.36. The Morgan fingerprint density at radius 2 is 1.82 bits per heavy atom. The zero-order valence-corrected chi connectivity index (χ0v) is 17.2. The topological polar surface area (TPSA) is 70.7 Å². The molecule has 1 aromatic heterocycles. The van der Waals surface area contributed by atoms with E-state index in [1.165, 1.54) is 36.7 Å². The van der Waals surface area contributed by atoms with Crippen molar-refractivity contribution in [1.29, 1.82) is 0 Å². The minimum Gasteiger partial charge on any atom is -0.497 e. The number of methoxy groups -OCH3 is 1. The van der Waals surface area contributed by atoms with Crippen LogP contribution in [-0.2, 0) is 11.3 Å². The van der Waals surface area contributed by atoms with E-state index in [0.717, 1.165) is 23.7 Å². The second-order valence-electron chi connectivity index (χ2n) is 6.92. The molecule has 0 bridgehead atoms. The molecule has 2 amide bonds. The summed E-state index contributed by atoms with van der Waals surface area (Å²) in [5, 5.41) is 5.85. The van der Waals surface area contributed by atoms with E-state index in [1.807, 2.05) is 24.3 Å². The summed E-state index contributed by atoms with van der Waals surface area (Å²) in [6.07, 6.45) is 2.38. The molecule has 1 atom stereocenters. The van der Waals surface area contributed by atoms with Crippen LogP contribution >= 0.6 is 11.3 Å². The molecule has 3 rings (SSSR count). The predicted molar refractivity (Wildman–Crippen MR) is 111 cm³/mol. The summed E-state index contributed by atoms with van der Waals surface area (Å²) in [5.74, 6) is 0.683. The molecule has 7 heteroatoms. The van der Waals surface area contributed by atoms with Gasteiger partial charge in [-0.3, -0.25) is 14.5 Å². The molecule has 1 aliphatic heterocycles. The predicted octanol–water partition coefficient (Wildman–Crippen LogP) is 2.96. The molecular formula is C21H27N3O3S. The van der Waals surface area contributed by atoms with E-state index < -0.39 is 0 Å². The fourth-order valence-electron chi connectivity index (χ4n) is 3.42. The molecule has 0 spiro atoms. The van der Waals surface area contributed by atoms with E-state index in [4.69, 9.17) is 4.74 Å². The zero-order chi connectivity index (χ0) is 19.9. The maximum absolute atomic E-state index is 12.6. The van der Waals surface area contributed by atoms with Crippen molar-refractivity contribution in [2.24, 2.45) is 0 Å². The SMILES string of the molecule is COc1ccc(C(CNC(=O)c2ccc(CNC(C)=O)s2)N2CCCC2)cc1. The molecule has 0 aliphatic carbocycles. The number of nitrogens with zero attached hydrogens (tertiary/aromatic N) is 1. The number of carbonyl (C=O) groups is 2. The van der Waals surface area contributed by atoms with Crippen LogP contribution in [-0.4, -0.2) is 43.5 Å². The normalized spacial score (nSPS) is 15.2. The van der Waals surface area contributed by atoms with Crippen LogP contribution in [0.15, 0.2) is 36.4 Å². The number of benzene rings is 1. The Labute approximate surface area is 169 Å². The third-order valence-corrected chi connectivity index (χ3v) is 6.02. The molecule has 6 nitrogen and oxygen atoms in total. The number of likely N-dealkylation sites (tertiary alicyclic amines) is 1. The minimum atomic E-state index is -0.0765. The molecule has 0 radical (unpaired) electrons. The summed E-state index contributed by atoms with van der Waals surface area (Å²) >= 11 is 1.41. The molecule has 0 saturated carbocycles. The fraction of sp³-hybridized carbons (Fsp3) is 0.429. The first kappa shape index (κ1) is 20.4. The number of amides is 2. The van der Waals surface area contributed by atoms with Crippen molar-refractivity contribution in [3.8, 4) is 5.75 Å². The third kappa shape index (κ3) is 5.33. The van der Waals surface area contributed by atoms with Gasteiger partial charge in [-0.1, -0.05) is 12.1 Å². The molecule has 1 fully saturated rings. The average Bonchev–Trinajstić information content (AvgIpc) is 3.39. The van der Waals surface area contributed by atoms with Crippen LogP contribution in [0, 0.1) is 0 Å². The molecule has 1 aliphatic rings. The van der Waals surface area contributed by atoms with Gasteiger partial charge >= 0.3 is 0 Å². The van der Waals surface area contributed by atoms with Crippen molar-refractivity contribution < 1.29 is 14.3 Å². The monoisotopic (exact) mass is 401 g/mol. The Morgan fingerprint density at radius 1 is 1.11 bits per heavy atom. The van der Waals surface area contributed by atoms with Crippen molar-refractivity contribution in [3.63, 3.8) is 0 Å². The first-order chi connectivity index (χ1) is 13.6. The lowest BCUT2D eigenvalue weighted by atomic mass is 10.1. The van der Waals surface area contributed by atoms with E-state index in [2.05, 4.69) is 27.7 Å². The second-order valence-corrected chi connectivity index (χ2v) is 8.09. The van der Waals surface area contributed by atoms with Crippen molar-refractivity contribution in [2.75, 3.05) is 26.7 Å². The summed E-state index contributed by atoms with van der Waals surface area (Å²) in [5.41, 5.74) is 1.18. The minimum absolute atomic E-state index is 0.0724. The third-order valence-electron chi connectivity index (χ3n) is 4.93. The molecule has 150 valence electrons. The first-order valence-corrected chi connectivity index (χ1v) is 10.4. The van der Waals surface area contributed by atoms with Gasteiger partial charge in [0.1, 0.15) is 5.75 Å². The number of ether oxygens (including phenoxy) is 1. The summed E-state index contributed by atoms with van der Waals surface area (Å²) in [7, 11) is 1.66. The van der Waals surface area contributed by atoms with Crippen molar-refractivity contribution in [2.45, 2.75) is 32.4 Å².